The summed E-state index contributed by atoms with van der Waals surface area (Å²) in [4.78, 5) is 22.2. The number of nitrogen functional groups attached to an aromatic ring is 1. The van der Waals surface area contributed by atoms with Gasteiger partial charge in [0, 0.05) is 19.6 Å². The van der Waals surface area contributed by atoms with Crippen molar-refractivity contribution >= 4 is 17.5 Å². The Morgan fingerprint density at radius 2 is 2.00 bits per heavy atom. The molecular formula is C21H25N5O3. The second kappa shape index (κ2) is 8.38. The topological polar surface area (TPSA) is 103 Å². The molecule has 1 fully saturated rings. The number of hydrogen-bond donors (Lipinski definition) is 2. The van der Waals surface area contributed by atoms with Crippen LogP contribution in [0.2, 0.25) is 0 Å². The van der Waals surface area contributed by atoms with Gasteiger partial charge in [0.2, 0.25) is 5.91 Å². The van der Waals surface area contributed by atoms with Crippen molar-refractivity contribution < 1.29 is 14.3 Å². The summed E-state index contributed by atoms with van der Waals surface area (Å²) in [6.45, 7) is 6.88. The predicted molar refractivity (Wildman–Crippen MR) is 111 cm³/mol. The predicted octanol–water partition coefficient (Wildman–Crippen LogP) is 2.33. The number of rotatable bonds is 5. The van der Waals surface area contributed by atoms with E-state index >= 15 is 0 Å². The summed E-state index contributed by atoms with van der Waals surface area (Å²) >= 11 is 0. The van der Waals surface area contributed by atoms with E-state index in [4.69, 9.17) is 15.2 Å². The molecule has 2 aromatic rings. The maximum absolute atomic E-state index is 11.7. The van der Waals surface area contributed by atoms with Gasteiger partial charge in [-0.25, -0.2) is 9.97 Å². The van der Waals surface area contributed by atoms with E-state index in [1.807, 2.05) is 23.1 Å². The first-order valence-corrected chi connectivity index (χ1v) is 9.81. The monoisotopic (exact) mass is 395 g/mol. The van der Waals surface area contributed by atoms with E-state index in [9.17, 15) is 4.79 Å². The summed E-state index contributed by atoms with van der Waals surface area (Å²) in [5.74, 6) is 2.98. The number of aromatic nitrogens is 2. The van der Waals surface area contributed by atoms with Crippen LogP contribution in [0.1, 0.15) is 12.8 Å². The molecule has 0 saturated carbocycles. The molecule has 1 amide bonds. The minimum Gasteiger partial charge on any atom is -0.486 e. The van der Waals surface area contributed by atoms with E-state index in [2.05, 4.69) is 21.9 Å². The number of nitrogens with zero attached hydrogens (tertiary/aromatic N) is 3. The molecule has 3 heterocycles. The fourth-order valence-corrected chi connectivity index (χ4v) is 3.74. The average molecular weight is 395 g/mol. The van der Waals surface area contributed by atoms with Crippen molar-refractivity contribution in [1.82, 2.24) is 14.9 Å². The molecule has 0 unspecified atom stereocenters. The molecule has 152 valence electrons. The largest absolute Gasteiger partial charge is 0.486 e. The van der Waals surface area contributed by atoms with Gasteiger partial charge in [-0.1, -0.05) is 12.6 Å². The quantitative estimate of drug-likeness (QED) is 0.749. The number of benzene rings is 1. The maximum atomic E-state index is 11.7. The van der Waals surface area contributed by atoms with Crippen LogP contribution in [0.25, 0.3) is 11.1 Å². The van der Waals surface area contributed by atoms with Gasteiger partial charge in [0.15, 0.2) is 11.5 Å². The number of nitrogens with two attached hydrogens (primary N) is 1. The van der Waals surface area contributed by atoms with Crippen molar-refractivity contribution in [1.29, 1.82) is 0 Å². The summed E-state index contributed by atoms with van der Waals surface area (Å²) in [6, 6.07) is 5.73. The van der Waals surface area contributed by atoms with Crippen molar-refractivity contribution in [2.24, 2.45) is 5.92 Å². The molecule has 8 heteroatoms. The first kappa shape index (κ1) is 19.0. The smallest absolute Gasteiger partial charge is 0.245 e. The highest BCUT2D eigenvalue weighted by Gasteiger charge is 2.22. The second-order valence-electron chi connectivity index (χ2n) is 7.19. The summed E-state index contributed by atoms with van der Waals surface area (Å²) in [5.41, 5.74) is 7.82. The lowest BCUT2D eigenvalue weighted by Crippen LogP contribution is -2.39. The van der Waals surface area contributed by atoms with Gasteiger partial charge < -0.3 is 25.4 Å². The SMILES string of the molecule is C=CC(=O)N1CCC(CNc2ncnc(N)c2-c2ccc3c(c2)OCCO3)CC1. The zero-order valence-corrected chi connectivity index (χ0v) is 16.3. The Balaban J connectivity index is 1.48. The first-order valence-electron chi connectivity index (χ1n) is 9.81. The minimum atomic E-state index is 0.000813. The Morgan fingerprint density at radius 1 is 1.24 bits per heavy atom. The number of likely N-dealkylation sites (tertiary alicyclic amines) is 1. The zero-order valence-electron chi connectivity index (χ0n) is 16.3. The molecule has 1 aromatic heterocycles. The lowest BCUT2D eigenvalue weighted by atomic mass is 9.96. The van der Waals surface area contributed by atoms with Gasteiger partial charge in [-0.15, -0.1) is 0 Å². The molecular weight excluding hydrogens is 370 g/mol. The lowest BCUT2D eigenvalue weighted by Gasteiger charge is -2.31. The van der Waals surface area contributed by atoms with Gasteiger partial charge in [0.1, 0.15) is 31.2 Å². The van der Waals surface area contributed by atoms with E-state index in [0.717, 1.165) is 49.4 Å². The highest BCUT2D eigenvalue weighted by atomic mass is 16.6. The van der Waals surface area contributed by atoms with Gasteiger partial charge >= 0.3 is 0 Å². The Labute approximate surface area is 169 Å². The number of carbonyl (C=O) groups excluding carboxylic acids is 1. The van der Waals surface area contributed by atoms with Crippen LogP contribution in [0.3, 0.4) is 0 Å². The fraction of sp³-hybridized carbons (Fsp3) is 0.381. The molecule has 0 atom stereocenters. The highest BCUT2D eigenvalue weighted by Crippen LogP contribution is 2.38. The molecule has 0 bridgehead atoms. The number of anilines is 2. The Bertz CT molecular complexity index is 909. The van der Waals surface area contributed by atoms with Crippen molar-refractivity contribution in [3.63, 3.8) is 0 Å². The molecule has 29 heavy (non-hydrogen) atoms. The third-order valence-electron chi connectivity index (χ3n) is 5.37. The Kier molecular flexibility index (Phi) is 5.50. The van der Waals surface area contributed by atoms with Crippen LogP contribution in [0, 0.1) is 5.92 Å². The third kappa shape index (κ3) is 4.11. The number of nitrogens with one attached hydrogen (secondary N) is 1. The number of fused-ring (bicyclic) bond motifs is 1. The molecule has 3 N–H and O–H groups in total. The van der Waals surface area contributed by atoms with E-state index in [-0.39, 0.29) is 5.91 Å². The second-order valence-corrected chi connectivity index (χ2v) is 7.19. The van der Waals surface area contributed by atoms with Gasteiger partial charge in [-0.3, -0.25) is 4.79 Å². The maximum Gasteiger partial charge on any atom is 0.245 e. The van der Waals surface area contributed by atoms with Crippen LogP contribution >= 0.6 is 0 Å². The van der Waals surface area contributed by atoms with Crippen LogP contribution in [0.5, 0.6) is 11.5 Å². The van der Waals surface area contributed by atoms with Crippen molar-refractivity contribution in [2.45, 2.75) is 12.8 Å². The van der Waals surface area contributed by atoms with Crippen molar-refractivity contribution in [2.75, 3.05) is 43.9 Å². The van der Waals surface area contributed by atoms with Crippen molar-refractivity contribution in [3.05, 3.63) is 37.2 Å². The summed E-state index contributed by atoms with van der Waals surface area (Å²) in [7, 11) is 0. The van der Waals surface area contributed by atoms with E-state index in [1.165, 1.54) is 12.4 Å². The summed E-state index contributed by atoms with van der Waals surface area (Å²) in [6.07, 6.45) is 4.71. The molecule has 0 spiro atoms. The van der Waals surface area contributed by atoms with Crippen LogP contribution in [-0.4, -0.2) is 53.6 Å². The van der Waals surface area contributed by atoms with Gasteiger partial charge in [0.25, 0.3) is 0 Å². The minimum absolute atomic E-state index is 0.000813. The first-order chi connectivity index (χ1) is 14.2. The van der Waals surface area contributed by atoms with Gasteiger partial charge in [-0.2, -0.15) is 0 Å². The van der Waals surface area contributed by atoms with Crippen LogP contribution in [-0.2, 0) is 4.79 Å². The van der Waals surface area contributed by atoms with E-state index < -0.39 is 0 Å². The fourth-order valence-electron chi connectivity index (χ4n) is 3.74. The molecule has 0 radical (unpaired) electrons. The zero-order chi connectivity index (χ0) is 20.2. The number of hydrogen-bond acceptors (Lipinski definition) is 7. The lowest BCUT2D eigenvalue weighted by molar-refractivity contribution is -0.127. The van der Waals surface area contributed by atoms with Crippen molar-refractivity contribution in [3.8, 4) is 22.6 Å². The number of piperidine rings is 1. The third-order valence-corrected chi connectivity index (χ3v) is 5.37. The Hall–Kier alpha value is -3.29. The summed E-state index contributed by atoms with van der Waals surface area (Å²) in [5, 5.41) is 3.43. The normalized spacial score (nSPS) is 16.3. The molecule has 0 aliphatic carbocycles. The number of carbonyl (C=O) groups is 1. The van der Waals surface area contributed by atoms with E-state index in [1.54, 1.807) is 0 Å². The Morgan fingerprint density at radius 3 is 2.76 bits per heavy atom. The molecule has 1 saturated heterocycles. The van der Waals surface area contributed by atoms with Gasteiger partial charge in [0.05, 0.1) is 5.56 Å². The molecule has 2 aliphatic rings. The van der Waals surface area contributed by atoms with E-state index in [0.29, 0.717) is 36.5 Å². The van der Waals surface area contributed by atoms with Crippen LogP contribution in [0.4, 0.5) is 11.6 Å². The number of ether oxygens (including phenoxy) is 2. The highest BCUT2D eigenvalue weighted by molar-refractivity contribution is 5.87. The van der Waals surface area contributed by atoms with Gasteiger partial charge in [-0.05, 0) is 42.5 Å². The van der Waals surface area contributed by atoms with Crippen LogP contribution in [0.15, 0.2) is 37.2 Å². The molecule has 4 rings (SSSR count). The molecule has 1 aromatic carbocycles. The van der Waals surface area contributed by atoms with Crippen LogP contribution < -0.4 is 20.5 Å². The summed E-state index contributed by atoms with van der Waals surface area (Å²) < 4.78 is 11.3. The molecule has 8 nitrogen and oxygen atoms in total. The molecule has 2 aliphatic heterocycles. The standard InChI is InChI=1S/C21H25N5O3/c1-2-18(27)26-7-5-14(6-8-26)12-23-21-19(20(22)24-13-25-21)15-3-4-16-17(11-15)29-10-9-28-16/h2-4,11,13-14H,1,5-10,12H2,(H3,22,23,24,25). The number of amides is 1. The average Bonchev–Trinajstić information content (AvgIpc) is 2.77.